The molecule has 2 amide bonds. The van der Waals surface area contributed by atoms with Gasteiger partial charge >= 0.3 is 0 Å². The highest BCUT2D eigenvalue weighted by molar-refractivity contribution is 7.18. The maximum atomic E-state index is 13.0. The molecule has 4 rings (SSSR count). The van der Waals surface area contributed by atoms with Crippen molar-refractivity contribution < 1.29 is 14.3 Å². The molecule has 34 heavy (non-hydrogen) atoms. The Bertz CT molecular complexity index is 1280. The fraction of sp³-hybridized carbons (Fsp3) is 0.148. The number of para-hydroxylation sites is 2. The number of nitrogens with two attached hydrogens (primary N) is 1. The van der Waals surface area contributed by atoms with E-state index < -0.39 is 5.91 Å². The largest absolute Gasteiger partial charge is 0.491 e. The molecule has 4 aromatic rings. The van der Waals surface area contributed by atoms with Crippen molar-refractivity contribution in [1.29, 1.82) is 0 Å². The predicted octanol–water partition coefficient (Wildman–Crippen LogP) is 5.22. The van der Waals surface area contributed by atoms with E-state index in [1.165, 1.54) is 5.56 Å². The number of carbonyl (C=O) groups is 2. The summed E-state index contributed by atoms with van der Waals surface area (Å²) in [5, 5.41) is 3.79. The van der Waals surface area contributed by atoms with Gasteiger partial charge in [-0.15, -0.1) is 11.3 Å². The molecule has 0 bridgehead atoms. The summed E-state index contributed by atoms with van der Waals surface area (Å²) >= 11 is 1.58. The molecule has 0 fully saturated rings. The molecule has 1 heterocycles. The van der Waals surface area contributed by atoms with Crippen molar-refractivity contribution >= 4 is 28.8 Å². The Balaban J connectivity index is 1.57. The maximum absolute atomic E-state index is 13.0. The van der Waals surface area contributed by atoms with Crippen molar-refractivity contribution in [2.24, 2.45) is 5.73 Å². The SMILES string of the molecule is Cc1ccc(-c2sc(-c3ccccc3)nc2CC(=O)Nc2ccccc2OCCC(N)=O)cc1. The highest BCUT2D eigenvalue weighted by atomic mass is 32.1. The molecule has 3 N–H and O–H groups in total. The Morgan fingerprint density at radius 3 is 2.38 bits per heavy atom. The van der Waals surface area contributed by atoms with Gasteiger partial charge < -0.3 is 15.8 Å². The van der Waals surface area contributed by atoms with Crippen LogP contribution in [0.4, 0.5) is 5.69 Å². The van der Waals surface area contributed by atoms with E-state index in [-0.39, 0.29) is 25.4 Å². The lowest BCUT2D eigenvalue weighted by molar-refractivity contribution is -0.118. The van der Waals surface area contributed by atoms with Crippen LogP contribution in [0.3, 0.4) is 0 Å². The summed E-state index contributed by atoms with van der Waals surface area (Å²) in [7, 11) is 0. The van der Waals surface area contributed by atoms with Gasteiger partial charge in [0.25, 0.3) is 0 Å². The van der Waals surface area contributed by atoms with E-state index >= 15 is 0 Å². The molecule has 7 heteroatoms. The molecule has 1 aromatic heterocycles. The Morgan fingerprint density at radius 2 is 1.65 bits per heavy atom. The number of amides is 2. The van der Waals surface area contributed by atoms with Crippen LogP contribution in [0, 0.1) is 6.92 Å². The lowest BCUT2D eigenvalue weighted by Crippen LogP contribution is -2.17. The van der Waals surface area contributed by atoms with Crippen LogP contribution in [0.1, 0.15) is 17.7 Å². The van der Waals surface area contributed by atoms with Crippen molar-refractivity contribution in [3.8, 4) is 26.8 Å². The molecule has 6 nitrogen and oxygen atoms in total. The molecule has 0 atom stereocenters. The number of ether oxygens (including phenoxy) is 1. The van der Waals surface area contributed by atoms with E-state index in [0.29, 0.717) is 11.4 Å². The minimum absolute atomic E-state index is 0.100. The molecule has 0 saturated carbocycles. The lowest BCUT2D eigenvalue weighted by atomic mass is 10.1. The summed E-state index contributed by atoms with van der Waals surface area (Å²) in [6, 6.07) is 25.3. The topological polar surface area (TPSA) is 94.3 Å². The van der Waals surface area contributed by atoms with Crippen molar-refractivity contribution in [3.05, 3.63) is 90.1 Å². The third-order valence-electron chi connectivity index (χ3n) is 5.13. The summed E-state index contributed by atoms with van der Waals surface area (Å²) in [6.45, 7) is 2.19. The Hall–Kier alpha value is -3.97. The Labute approximate surface area is 202 Å². The van der Waals surface area contributed by atoms with Gasteiger partial charge in [-0.2, -0.15) is 0 Å². The maximum Gasteiger partial charge on any atom is 0.230 e. The molecule has 0 saturated heterocycles. The van der Waals surface area contributed by atoms with Crippen LogP contribution >= 0.6 is 11.3 Å². The number of benzene rings is 3. The first-order valence-corrected chi connectivity index (χ1v) is 11.7. The molecular formula is C27H25N3O3S. The van der Waals surface area contributed by atoms with Crippen molar-refractivity contribution in [2.45, 2.75) is 19.8 Å². The van der Waals surface area contributed by atoms with Gasteiger partial charge in [-0.1, -0.05) is 72.3 Å². The highest BCUT2D eigenvalue weighted by Crippen LogP contribution is 2.36. The van der Waals surface area contributed by atoms with E-state index in [1.54, 1.807) is 29.5 Å². The fourth-order valence-corrected chi connectivity index (χ4v) is 4.50. The molecule has 172 valence electrons. The van der Waals surface area contributed by atoms with Gasteiger partial charge in [-0.3, -0.25) is 9.59 Å². The van der Waals surface area contributed by atoms with Crippen LogP contribution in [0.15, 0.2) is 78.9 Å². The van der Waals surface area contributed by atoms with E-state index in [1.807, 2.05) is 43.3 Å². The molecule has 0 spiro atoms. The predicted molar refractivity (Wildman–Crippen MR) is 136 cm³/mol. The van der Waals surface area contributed by atoms with Crippen LogP contribution in [0.5, 0.6) is 5.75 Å². The first-order valence-electron chi connectivity index (χ1n) is 10.9. The molecule has 0 aliphatic heterocycles. The van der Waals surface area contributed by atoms with E-state index in [0.717, 1.165) is 26.7 Å². The second kappa shape index (κ2) is 10.8. The van der Waals surface area contributed by atoms with Crippen LogP contribution < -0.4 is 15.8 Å². The number of hydrogen-bond acceptors (Lipinski definition) is 5. The van der Waals surface area contributed by atoms with Gasteiger partial charge in [0.15, 0.2) is 0 Å². The van der Waals surface area contributed by atoms with Crippen LogP contribution in [-0.2, 0) is 16.0 Å². The Kier molecular flexibility index (Phi) is 7.34. The summed E-state index contributed by atoms with van der Waals surface area (Å²) in [5.41, 5.74) is 9.65. The first-order chi connectivity index (χ1) is 16.5. The smallest absolute Gasteiger partial charge is 0.230 e. The summed E-state index contributed by atoms with van der Waals surface area (Å²) in [4.78, 5) is 29.8. The quantitative estimate of drug-likeness (QED) is 0.350. The number of aryl methyl sites for hydroxylation is 1. The van der Waals surface area contributed by atoms with Crippen LogP contribution in [-0.4, -0.2) is 23.4 Å². The van der Waals surface area contributed by atoms with E-state index in [4.69, 9.17) is 15.5 Å². The van der Waals surface area contributed by atoms with E-state index in [9.17, 15) is 9.59 Å². The average Bonchev–Trinajstić information content (AvgIpc) is 3.24. The zero-order valence-electron chi connectivity index (χ0n) is 18.8. The molecule has 0 radical (unpaired) electrons. The van der Waals surface area contributed by atoms with Gasteiger partial charge in [-0.05, 0) is 24.6 Å². The van der Waals surface area contributed by atoms with Gasteiger partial charge in [-0.25, -0.2) is 4.98 Å². The second-order valence-electron chi connectivity index (χ2n) is 7.81. The molecule has 0 aliphatic carbocycles. The van der Waals surface area contributed by atoms with Gasteiger partial charge in [0.1, 0.15) is 10.8 Å². The third kappa shape index (κ3) is 5.88. The number of carbonyl (C=O) groups excluding carboxylic acids is 2. The number of primary amides is 1. The first kappa shape index (κ1) is 23.2. The van der Waals surface area contributed by atoms with Gasteiger partial charge in [0.2, 0.25) is 11.8 Å². The number of hydrogen-bond donors (Lipinski definition) is 2. The van der Waals surface area contributed by atoms with Gasteiger partial charge in [0.05, 0.1) is 35.7 Å². The second-order valence-corrected chi connectivity index (χ2v) is 8.81. The third-order valence-corrected chi connectivity index (χ3v) is 6.32. The lowest BCUT2D eigenvalue weighted by Gasteiger charge is -2.12. The number of nitrogens with zero attached hydrogens (tertiary/aromatic N) is 1. The normalized spacial score (nSPS) is 10.6. The Morgan fingerprint density at radius 1 is 0.941 bits per heavy atom. The fourth-order valence-electron chi connectivity index (χ4n) is 3.41. The summed E-state index contributed by atoms with van der Waals surface area (Å²) in [6.07, 6.45) is 0.214. The van der Waals surface area contributed by atoms with Crippen LogP contribution in [0.2, 0.25) is 0 Å². The van der Waals surface area contributed by atoms with Crippen molar-refractivity contribution in [2.75, 3.05) is 11.9 Å². The molecular weight excluding hydrogens is 446 g/mol. The summed E-state index contributed by atoms with van der Waals surface area (Å²) in [5.74, 6) is -0.161. The van der Waals surface area contributed by atoms with Crippen molar-refractivity contribution in [3.63, 3.8) is 0 Å². The molecule has 0 aliphatic rings. The number of anilines is 1. The zero-order valence-corrected chi connectivity index (χ0v) is 19.6. The zero-order chi connectivity index (χ0) is 23.9. The number of aromatic nitrogens is 1. The van der Waals surface area contributed by atoms with Gasteiger partial charge in [0, 0.05) is 5.56 Å². The minimum Gasteiger partial charge on any atom is -0.491 e. The minimum atomic E-state index is -0.442. The molecule has 0 unspecified atom stereocenters. The number of thiazole rings is 1. The van der Waals surface area contributed by atoms with Crippen LogP contribution in [0.25, 0.3) is 21.0 Å². The molecule has 3 aromatic carbocycles. The summed E-state index contributed by atoms with van der Waals surface area (Å²) < 4.78 is 5.64. The standard InChI is InChI=1S/C27H25N3O3S/c1-18-11-13-19(14-12-18)26-22(30-27(34-26)20-7-3-2-4-8-20)17-25(32)29-21-9-5-6-10-23(21)33-16-15-24(28)31/h2-14H,15-17H2,1H3,(H2,28,31)(H,29,32). The number of nitrogens with one attached hydrogen (secondary N) is 1. The van der Waals surface area contributed by atoms with E-state index in [2.05, 4.69) is 29.6 Å². The average molecular weight is 472 g/mol. The number of rotatable bonds is 9. The monoisotopic (exact) mass is 471 g/mol. The van der Waals surface area contributed by atoms with Crippen molar-refractivity contribution in [1.82, 2.24) is 4.98 Å². The highest BCUT2D eigenvalue weighted by Gasteiger charge is 2.18.